The Labute approximate surface area is 170 Å². The summed E-state index contributed by atoms with van der Waals surface area (Å²) in [6, 6.07) is 33.1. The first-order chi connectivity index (χ1) is 14.2. The van der Waals surface area contributed by atoms with E-state index in [1.807, 2.05) is 42.5 Å². The first kappa shape index (κ1) is 17.9. The smallest absolute Gasteiger partial charge is 0.148 e. The van der Waals surface area contributed by atoms with Gasteiger partial charge in [-0.15, -0.1) is 6.58 Å². The predicted molar refractivity (Wildman–Crippen MR) is 127 cm³/mol. The van der Waals surface area contributed by atoms with E-state index in [1.54, 1.807) is 6.08 Å². The van der Waals surface area contributed by atoms with Crippen LogP contribution in [0, 0.1) is 0 Å². The molecule has 0 aliphatic carbocycles. The average molecular weight is 392 g/mol. The van der Waals surface area contributed by atoms with Crippen LogP contribution in [0.25, 0.3) is 32.3 Å². The van der Waals surface area contributed by atoms with Gasteiger partial charge in [-0.2, -0.15) is 0 Å². The monoisotopic (exact) mass is 392 g/mol. The molecule has 0 bridgehead atoms. The molecule has 29 heavy (non-hydrogen) atoms. The molecule has 0 spiro atoms. The van der Waals surface area contributed by atoms with E-state index in [-0.39, 0.29) is 0 Å². The van der Waals surface area contributed by atoms with Gasteiger partial charge >= 0.3 is 0 Å². The van der Waals surface area contributed by atoms with Gasteiger partial charge in [0.05, 0.1) is 0 Å². The normalized spacial score (nSPS) is 13.5. The average Bonchev–Trinajstić information content (AvgIpc) is 2.77. The summed E-state index contributed by atoms with van der Waals surface area (Å²) < 4.78 is 14.7. The summed E-state index contributed by atoms with van der Waals surface area (Å²) >= 11 is 0. The van der Waals surface area contributed by atoms with Gasteiger partial charge in [0.25, 0.3) is 0 Å². The first-order valence-electron chi connectivity index (χ1n) is 9.81. The summed E-state index contributed by atoms with van der Waals surface area (Å²) in [5.41, 5.74) is 0. The van der Waals surface area contributed by atoms with Crippen molar-refractivity contribution >= 4 is 50.1 Å². The van der Waals surface area contributed by atoms with Crippen molar-refractivity contribution in [2.24, 2.45) is 0 Å². The summed E-state index contributed by atoms with van der Waals surface area (Å²) in [7, 11) is -2.91. The molecule has 0 fully saturated rings. The molecule has 0 aliphatic rings. The van der Waals surface area contributed by atoms with E-state index in [0.29, 0.717) is 6.16 Å². The van der Waals surface area contributed by atoms with Gasteiger partial charge in [-0.05, 0) is 44.5 Å². The molecule has 0 saturated carbocycles. The minimum absolute atomic E-state index is 0.437. The second kappa shape index (κ2) is 7.03. The standard InChI is InChI=1S/C27H21OP/c1-2-17-29(28,26-15-7-12-20-9-5-6-14-24(20)26)27-16-8-13-23-18-21-10-3-4-11-22(21)19-25(23)27/h2-16,18-19H,1,17H2. The highest BCUT2D eigenvalue weighted by Gasteiger charge is 2.29. The van der Waals surface area contributed by atoms with Crippen molar-refractivity contribution in [1.29, 1.82) is 0 Å². The van der Waals surface area contributed by atoms with Crippen molar-refractivity contribution in [2.45, 2.75) is 0 Å². The molecule has 1 unspecified atom stereocenters. The minimum Gasteiger partial charge on any atom is -0.313 e. The fraction of sp³-hybridized carbons (Fsp3) is 0.0370. The topological polar surface area (TPSA) is 17.1 Å². The van der Waals surface area contributed by atoms with E-state index in [1.165, 1.54) is 5.39 Å². The van der Waals surface area contributed by atoms with Gasteiger partial charge in [-0.1, -0.05) is 91.0 Å². The summed E-state index contributed by atoms with van der Waals surface area (Å²) in [6.45, 7) is 3.93. The van der Waals surface area contributed by atoms with Crippen LogP contribution in [0.5, 0.6) is 0 Å². The Morgan fingerprint density at radius 1 is 0.621 bits per heavy atom. The van der Waals surface area contributed by atoms with Crippen LogP contribution in [-0.2, 0) is 4.57 Å². The molecular weight excluding hydrogens is 371 g/mol. The lowest BCUT2D eigenvalue weighted by Gasteiger charge is -2.22. The zero-order chi connectivity index (χ0) is 19.8. The van der Waals surface area contributed by atoms with Crippen LogP contribution in [0.4, 0.5) is 0 Å². The van der Waals surface area contributed by atoms with Crippen molar-refractivity contribution in [2.75, 3.05) is 6.16 Å². The molecule has 0 heterocycles. The molecule has 0 N–H and O–H groups in total. The zero-order valence-corrected chi connectivity index (χ0v) is 17.0. The van der Waals surface area contributed by atoms with Crippen molar-refractivity contribution < 1.29 is 4.57 Å². The second-order valence-electron chi connectivity index (χ2n) is 7.41. The third-order valence-corrected chi connectivity index (χ3v) is 8.76. The van der Waals surface area contributed by atoms with Crippen molar-refractivity contribution in [1.82, 2.24) is 0 Å². The third kappa shape index (κ3) is 2.90. The highest BCUT2D eigenvalue weighted by molar-refractivity contribution is 7.79. The van der Waals surface area contributed by atoms with E-state index in [9.17, 15) is 4.57 Å². The maximum Gasteiger partial charge on any atom is 0.148 e. The van der Waals surface area contributed by atoms with Gasteiger partial charge in [0, 0.05) is 16.8 Å². The molecule has 5 rings (SSSR count). The predicted octanol–water partition coefficient (Wildman–Crippen LogP) is 6.65. The van der Waals surface area contributed by atoms with E-state index < -0.39 is 7.14 Å². The quantitative estimate of drug-likeness (QED) is 0.190. The fourth-order valence-corrected chi connectivity index (χ4v) is 7.14. The molecule has 140 valence electrons. The number of allylic oxidation sites excluding steroid dienone is 1. The molecule has 0 saturated heterocycles. The molecule has 5 aromatic rings. The van der Waals surface area contributed by atoms with Crippen molar-refractivity contribution in [3.63, 3.8) is 0 Å². The van der Waals surface area contributed by atoms with Crippen LogP contribution in [0.3, 0.4) is 0 Å². The molecule has 0 aromatic heterocycles. The van der Waals surface area contributed by atoms with Gasteiger partial charge in [-0.25, -0.2) is 0 Å². The van der Waals surface area contributed by atoms with Gasteiger partial charge in [0.1, 0.15) is 7.14 Å². The Morgan fingerprint density at radius 2 is 1.17 bits per heavy atom. The van der Waals surface area contributed by atoms with Crippen LogP contribution in [0.15, 0.2) is 110 Å². The minimum atomic E-state index is -2.91. The lowest BCUT2D eigenvalue weighted by atomic mass is 10.0. The lowest BCUT2D eigenvalue weighted by Crippen LogP contribution is -2.19. The molecule has 1 atom stereocenters. The second-order valence-corrected chi connectivity index (χ2v) is 10.2. The molecular formula is C27H21OP. The van der Waals surface area contributed by atoms with E-state index in [4.69, 9.17) is 0 Å². The highest BCUT2D eigenvalue weighted by Crippen LogP contribution is 2.47. The lowest BCUT2D eigenvalue weighted by molar-refractivity contribution is 0.589. The van der Waals surface area contributed by atoms with E-state index in [2.05, 4.69) is 61.2 Å². The van der Waals surface area contributed by atoms with Crippen LogP contribution < -0.4 is 10.6 Å². The SMILES string of the molecule is C=CCP(=O)(c1cccc2ccccc12)c1cccc2cc3ccccc3cc12. The Hall–Kier alpha value is -3.15. The molecule has 0 amide bonds. The van der Waals surface area contributed by atoms with E-state index in [0.717, 1.165) is 37.5 Å². The molecule has 0 aliphatic heterocycles. The van der Waals surface area contributed by atoms with Crippen LogP contribution in [0.1, 0.15) is 0 Å². The van der Waals surface area contributed by atoms with Crippen LogP contribution >= 0.6 is 7.14 Å². The molecule has 1 nitrogen and oxygen atoms in total. The number of fused-ring (bicyclic) bond motifs is 3. The molecule has 5 aromatic carbocycles. The maximum atomic E-state index is 14.7. The third-order valence-electron chi connectivity index (χ3n) is 5.65. The van der Waals surface area contributed by atoms with Gasteiger partial charge in [0.2, 0.25) is 0 Å². The summed E-state index contributed by atoms with van der Waals surface area (Å²) in [4.78, 5) is 0. The highest BCUT2D eigenvalue weighted by atomic mass is 31.2. The van der Waals surface area contributed by atoms with Gasteiger partial charge in [-0.3, -0.25) is 0 Å². The van der Waals surface area contributed by atoms with E-state index >= 15 is 0 Å². The fourth-order valence-electron chi connectivity index (χ4n) is 4.30. The number of hydrogen-bond donors (Lipinski definition) is 0. The number of benzene rings is 5. The van der Waals surface area contributed by atoms with Crippen molar-refractivity contribution in [3.05, 3.63) is 110 Å². The maximum absolute atomic E-state index is 14.7. The molecule has 2 heteroatoms. The Bertz CT molecular complexity index is 1430. The summed E-state index contributed by atoms with van der Waals surface area (Å²) in [5.74, 6) is 0. The Morgan fingerprint density at radius 3 is 1.90 bits per heavy atom. The zero-order valence-electron chi connectivity index (χ0n) is 16.1. The summed E-state index contributed by atoms with van der Waals surface area (Å²) in [5, 5.41) is 8.53. The molecule has 0 radical (unpaired) electrons. The van der Waals surface area contributed by atoms with Crippen molar-refractivity contribution in [3.8, 4) is 0 Å². The van der Waals surface area contributed by atoms with Crippen LogP contribution in [0.2, 0.25) is 0 Å². The largest absolute Gasteiger partial charge is 0.313 e. The number of rotatable bonds is 4. The number of hydrogen-bond acceptors (Lipinski definition) is 1. The first-order valence-corrected chi connectivity index (χ1v) is 11.7. The van der Waals surface area contributed by atoms with Crippen LogP contribution in [-0.4, -0.2) is 6.16 Å². The Kier molecular flexibility index (Phi) is 4.34. The summed E-state index contributed by atoms with van der Waals surface area (Å²) in [6.07, 6.45) is 2.23. The van der Waals surface area contributed by atoms with Gasteiger partial charge < -0.3 is 4.57 Å². The Balaban J connectivity index is 1.87. The van der Waals surface area contributed by atoms with Gasteiger partial charge in [0.15, 0.2) is 0 Å².